The molecular formula is C6H11BrMgO2. The van der Waals surface area contributed by atoms with E-state index in [1.807, 2.05) is 21.7 Å². The topological polar surface area (TPSA) is 18.5 Å². The van der Waals surface area contributed by atoms with Gasteiger partial charge in [-0.1, -0.05) is 0 Å². The number of hydrogen-bond acceptors (Lipinski definition) is 2. The van der Waals surface area contributed by atoms with E-state index in [0.29, 0.717) is 5.92 Å². The Morgan fingerprint density at radius 1 is 1.50 bits per heavy atom. The predicted molar refractivity (Wildman–Crippen MR) is 35.4 cm³/mol. The van der Waals surface area contributed by atoms with E-state index < -0.39 is 0 Å². The molecule has 1 aliphatic heterocycles. The fraction of sp³-hybridized carbons (Fsp3) is 1.00. The molecule has 0 bridgehead atoms. The first-order valence-electron chi connectivity index (χ1n) is 3.37. The largest absolute Gasteiger partial charge is 1.00 e. The first-order valence-corrected chi connectivity index (χ1v) is 4.37. The molecule has 1 atom stereocenters. The maximum Gasteiger partial charge on any atom is -1.00 e. The van der Waals surface area contributed by atoms with Crippen molar-refractivity contribution in [3.8, 4) is 0 Å². The first-order chi connectivity index (χ1) is 4.34. The van der Waals surface area contributed by atoms with Crippen molar-refractivity contribution >= 4 is 21.7 Å². The van der Waals surface area contributed by atoms with Gasteiger partial charge in [-0.3, -0.25) is 0 Å². The maximum absolute atomic E-state index is 5.29. The molecule has 10 heavy (non-hydrogen) atoms. The normalized spacial score (nSPS) is 22.3. The van der Waals surface area contributed by atoms with Crippen LogP contribution in [0.4, 0.5) is 0 Å². The van der Waals surface area contributed by atoms with Crippen LogP contribution in [0.15, 0.2) is 0 Å². The van der Waals surface area contributed by atoms with E-state index in [1.54, 1.807) is 0 Å². The van der Waals surface area contributed by atoms with Gasteiger partial charge < -0.3 is 17.0 Å². The monoisotopic (exact) mass is 218 g/mol. The van der Waals surface area contributed by atoms with Crippen molar-refractivity contribution in [2.45, 2.75) is 17.8 Å². The summed E-state index contributed by atoms with van der Waals surface area (Å²) in [5, 5.41) is 0. The van der Waals surface area contributed by atoms with Gasteiger partial charge in [0, 0.05) is 0 Å². The average Bonchev–Trinajstić information content (AvgIpc) is 2.37. The first kappa shape index (κ1) is 11.2. The Kier molecular flexibility index (Phi) is 6.44. The van der Waals surface area contributed by atoms with Gasteiger partial charge in [-0.2, -0.15) is 0 Å². The molecule has 1 rings (SSSR count). The molecule has 0 aliphatic carbocycles. The van der Waals surface area contributed by atoms with Crippen LogP contribution in [-0.4, -0.2) is 41.2 Å². The summed E-state index contributed by atoms with van der Waals surface area (Å²) < 4.78 is 11.7. The average molecular weight is 219 g/mol. The van der Waals surface area contributed by atoms with Gasteiger partial charge in [0.05, 0.1) is 0 Å². The quantitative estimate of drug-likeness (QED) is 0.482. The molecule has 0 aromatic carbocycles. The molecule has 0 N–H and O–H groups in total. The van der Waals surface area contributed by atoms with Gasteiger partial charge in [-0.25, -0.2) is 0 Å². The number of hydrogen-bond donors (Lipinski definition) is 0. The molecule has 1 aliphatic rings. The van der Waals surface area contributed by atoms with Crippen LogP contribution in [-0.2, 0) is 9.47 Å². The van der Waals surface area contributed by atoms with Gasteiger partial charge in [0.25, 0.3) is 0 Å². The molecule has 1 saturated heterocycles. The summed E-state index contributed by atoms with van der Waals surface area (Å²) in [6.45, 7) is 3.71. The molecule has 1 fully saturated rings. The predicted octanol–water partition coefficient (Wildman–Crippen LogP) is -2.41. The standard InChI is InChI=1S/C6H11O2.BrH.Mg/c1-5(2)6-7-3-4-8-6;;/h5-6H,1,3-4H2,2H3;1H;/q;;+1/p-1. The van der Waals surface area contributed by atoms with Crippen molar-refractivity contribution in [3.05, 3.63) is 0 Å². The van der Waals surface area contributed by atoms with Crippen molar-refractivity contribution < 1.29 is 26.5 Å². The third-order valence-corrected chi connectivity index (χ3v) is 2.48. The fourth-order valence-corrected chi connectivity index (χ4v) is 1.11. The Bertz CT molecular complexity index is 85.8. The van der Waals surface area contributed by atoms with Gasteiger partial charge >= 0.3 is 68.1 Å². The summed E-state index contributed by atoms with van der Waals surface area (Å²) >= 11 is 1.97. The molecule has 0 radical (unpaired) electrons. The third kappa shape index (κ3) is 3.05. The number of ether oxygens (including phenoxy) is 2. The van der Waals surface area contributed by atoms with E-state index in [2.05, 4.69) is 6.92 Å². The van der Waals surface area contributed by atoms with Crippen molar-refractivity contribution in [2.75, 3.05) is 13.2 Å². The summed E-state index contributed by atoms with van der Waals surface area (Å²) in [6, 6.07) is 0. The van der Waals surface area contributed by atoms with Crippen molar-refractivity contribution in [2.24, 2.45) is 5.92 Å². The van der Waals surface area contributed by atoms with Crippen molar-refractivity contribution in [3.63, 3.8) is 0 Å². The van der Waals surface area contributed by atoms with Gasteiger partial charge in [0.1, 0.15) is 0 Å². The molecule has 0 aromatic heterocycles. The molecule has 2 nitrogen and oxygen atoms in total. The van der Waals surface area contributed by atoms with Gasteiger partial charge in [0.15, 0.2) is 0 Å². The molecule has 56 valence electrons. The second-order valence-electron chi connectivity index (χ2n) is 2.38. The number of halogens is 1. The van der Waals surface area contributed by atoms with Crippen molar-refractivity contribution in [1.29, 1.82) is 0 Å². The van der Waals surface area contributed by atoms with E-state index in [9.17, 15) is 0 Å². The Labute approximate surface area is 84.9 Å². The maximum atomic E-state index is 5.29. The summed E-state index contributed by atoms with van der Waals surface area (Å²) in [4.78, 5) is 0. The van der Waals surface area contributed by atoms with Gasteiger partial charge in [0.2, 0.25) is 0 Å². The smallest absolute Gasteiger partial charge is 1.00 e. The summed E-state index contributed by atoms with van der Waals surface area (Å²) in [7, 11) is 0. The Hall–Kier alpha value is 1.17. The van der Waals surface area contributed by atoms with Crippen LogP contribution in [0, 0.1) is 5.92 Å². The molecule has 0 saturated carbocycles. The molecule has 0 aromatic rings. The zero-order valence-electron chi connectivity index (χ0n) is 6.18. The minimum absolute atomic E-state index is 0. The van der Waals surface area contributed by atoms with Crippen LogP contribution in [0.2, 0.25) is 4.55 Å². The Morgan fingerprint density at radius 3 is 2.40 bits per heavy atom. The van der Waals surface area contributed by atoms with Crippen molar-refractivity contribution in [1.82, 2.24) is 0 Å². The van der Waals surface area contributed by atoms with Crippen LogP contribution in [0.3, 0.4) is 0 Å². The van der Waals surface area contributed by atoms with Crippen LogP contribution in [0.1, 0.15) is 6.92 Å². The Morgan fingerprint density at radius 2 is 2.00 bits per heavy atom. The van der Waals surface area contributed by atoms with Crippen LogP contribution in [0.25, 0.3) is 0 Å². The minimum Gasteiger partial charge on any atom is -1.00 e. The van der Waals surface area contributed by atoms with E-state index >= 15 is 0 Å². The molecule has 1 heterocycles. The zero-order chi connectivity index (χ0) is 6.69. The molecule has 4 heteroatoms. The molecule has 0 spiro atoms. The fourth-order valence-electron chi connectivity index (χ4n) is 0.841. The van der Waals surface area contributed by atoms with Crippen LogP contribution >= 0.6 is 0 Å². The van der Waals surface area contributed by atoms with E-state index in [-0.39, 0.29) is 23.3 Å². The SMILES string of the molecule is CC([CH2][Mg+])C1OCCO1.[Br-]. The molecule has 1 unspecified atom stereocenters. The number of rotatable bonds is 2. The second-order valence-corrected chi connectivity index (χ2v) is 2.95. The van der Waals surface area contributed by atoms with E-state index in [1.165, 1.54) is 0 Å². The van der Waals surface area contributed by atoms with Gasteiger partial charge in [-0.15, -0.1) is 0 Å². The third-order valence-electron chi connectivity index (χ3n) is 1.57. The van der Waals surface area contributed by atoms with E-state index in [0.717, 1.165) is 17.8 Å². The molecule has 0 amide bonds. The van der Waals surface area contributed by atoms with Gasteiger partial charge in [-0.05, 0) is 0 Å². The summed E-state index contributed by atoms with van der Waals surface area (Å²) in [6.07, 6.45) is 0.0856. The van der Waals surface area contributed by atoms with E-state index in [4.69, 9.17) is 9.47 Å². The zero-order valence-corrected chi connectivity index (χ0v) is 9.18. The summed E-state index contributed by atoms with van der Waals surface area (Å²) in [5.74, 6) is 0.561. The molecular weight excluding hydrogens is 208 g/mol. The second kappa shape index (κ2) is 5.77. The Balaban J connectivity index is 0.000000810. The minimum atomic E-state index is 0. The summed E-state index contributed by atoms with van der Waals surface area (Å²) in [5.41, 5.74) is 0. The van der Waals surface area contributed by atoms with Crippen LogP contribution < -0.4 is 17.0 Å². The van der Waals surface area contributed by atoms with Crippen LogP contribution in [0.5, 0.6) is 0 Å².